The summed E-state index contributed by atoms with van der Waals surface area (Å²) in [4.78, 5) is 28.2. The fourth-order valence-corrected chi connectivity index (χ4v) is 3.55. The molecule has 0 aliphatic rings. The zero-order chi connectivity index (χ0) is 20.7. The van der Waals surface area contributed by atoms with Crippen LogP contribution in [0.3, 0.4) is 0 Å². The van der Waals surface area contributed by atoms with E-state index in [-0.39, 0.29) is 23.6 Å². The minimum Gasteiger partial charge on any atom is -0.352 e. The van der Waals surface area contributed by atoms with Gasteiger partial charge in [-0.05, 0) is 57.5 Å². The molecule has 150 valence electrons. The van der Waals surface area contributed by atoms with Gasteiger partial charge in [0, 0.05) is 22.5 Å². The van der Waals surface area contributed by atoms with Gasteiger partial charge in [-0.2, -0.15) is 0 Å². The van der Waals surface area contributed by atoms with Crippen molar-refractivity contribution in [2.24, 2.45) is 0 Å². The first-order valence-electron chi connectivity index (χ1n) is 9.30. The summed E-state index contributed by atoms with van der Waals surface area (Å²) in [7, 11) is 0. The van der Waals surface area contributed by atoms with Crippen LogP contribution in [0, 0.1) is 6.92 Å². The highest BCUT2D eigenvalue weighted by molar-refractivity contribution is 8.00. The molecule has 0 unspecified atom stereocenters. The summed E-state index contributed by atoms with van der Waals surface area (Å²) in [5.74, 6) is 0.0419. The Morgan fingerprint density at radius 1 is 1.04 bits per heavy atom. The molecule has 2 amide bonds. The second-order valence-electron chi connectivity index (χ2n) is 7.09. The normalized spacial score (nSPS) is 11.9. The van der Waals surface area contributed by atoms with E-state index in [2.05, 4.69) is 5.32 Å². The van der Waals surface area contributed by atoms with Gasteiger partial charge < -0.3 is 10.2 Å². The number of benzene rings is 2. The molecular formula is C22H27ClN2O2S. The smallest absolute Gasteiger partial charge is 0.242 e. The molecule has 0 radical (unpaired) electrons. The van der Waals surface area contributed by atoms with Crippen molar-refractivity contribution < 1.29 is 9.59 Å². The maximum atomic E-state index is 13.0. The van der Waals surface area contributed by atoms with E-state index in [1.807, 2.05) is 57.2 Å². The molecule has 0 aliphatic carbocycles. The Labute approximate surface area is 176 Å². The van der Waals surface area contributed by atoms with Crippen LogP contribution in [0.4, 0.5) is 0 Å². The third kappa shape index (κ3) is 6.88. The number of aryl methyl sites for hydroxylation is 1. The van der Waals surface area contributed by atoms with E-state index >= 15 is 0 Å². The van der Waals surface area contributed by atoms with E-state index in [1.165, 1.54) is 17.3 Å². The fourth-order valence-electron chi connectivity index (χ4n) is 2.64. The molecule has 2 rings (SSSR count). The first kappa shape index (κ1) is 22.3. The zero-order valence-corrected chi connectivity index (χ0v) is 18.3. The zero-order valence-electron chi connectivity index (χ0n) is 16.7. The molecule has 0 fully saturated rings. The average molecular weight is 419 g/mol. The molecule has 1 atom stereocenters. The van der Waals surface area contributed by atoms with Crippen molar-refractivity contribution in [3.05, 3.63) is 64.7 Å². The lowest BCUT2D eigenvalue weighted by molar-refractivity contribution is -0.138. The minimum atomic E-state index is -0.566. The number of carbonyl (C=O) groups is 2. The molecular weight excluding hydrogens is 392 g/mol. The number of hydrogen-bond donors (Lipinski definition) is 1. The van der Waals surface area contributed by atoms with Crippen molar-refractivity contribution in [2.75, 3.05) is 5.75 Å². The minimum absolute atomic E-state index is 0.0179. The number of rotatable bonds is 8. The second kappa shape index (κ2) is 10.5. The maximum absolute atomic E-state index is 13.0. The lowest BCUT2D eigenvalue weighted by atomic mass is 10.1. The SMILES string of the molecule is Cc1ccc(SCC(=O)N(Cc2ccc(Cl)cc2)[C@H](C)C(=O)NC(C)C)cc1. The summed E-state index contributed by atoms with van der Waals surface area (Å²) < 4.78 is 0. The van der Waals surface area contributed by atoms with Gasteiger partial charge in [-0.1, -0.05) is 41.4 Å². The van der Waals surface area contributed by atoms with Crippen LogP contribution in [0.5, 0.6) is 0 Å². The summed E-state index contributed by atoms with van der Waals surface area (Å²) in [5, 5.41) is 3.53. The fraction of sp³-hybridized carbons (Fsp3) is 0.364. The summed E-state index contributed by atoms with van der Waals surface area (Å²) in [5.41, 5.74) is 2.11. The summed E-state index contributed by atoms with van der Waals surface area (Å²) in [6.45, 7) is 7.97. The molecule has 0 aromatic heterocycles. The van der Waals surface area contributed by atoms with Crippen molar-refractivity contribution in [1.29, 1.82) is 0 Å². The molecule has 0 saturated carbocycles. The highest BCUT2D eigenvalue weighted by Gasteiger charge is 2.26. The molecule has 0 saturated heterocycles. The van der Waals surface area contributed by atoms with Gasteiger partial charge in [0.2, 0.25) is 11.8 Å². The lowest BCUT2D eigenvalue weighted by Crippen LogP contribution is -2.49. The predicted octanol–water partition coefficient (Wildman–Crippen LogP) is 4.68. The van der Waals surface area contributed by atoms with Crippen molar-refractivity contribution in [3.8, 4) is 0 Å². The highest BCUT2D eigenvalue weighted by atomic mass is 35.5. The number of hydrogen-bond acceptors (Lipinski definition) is 3. The largest absolute Gasteiger partial charge is 0.352 e. The van der Waals surface area contributed by atoms with Gasteiger partial charge in [-0.15, -0.1) is 11.8 Å². The van der Waals surface area contributed by atoms with Crippen LogP contribution in [-0.4, -0.2) is 34.6 Å². The maximum Gasteiger partial charge on any atom is 0.242 e. The molecule has 28 heavy (non-hydrogen) atoms. The van der Waals surface area contributed by atoms with Crippen LogP contribution in [0.15, 0.2) is 53.4 Å². The van der Waals surface area contributed by atoms with Gasteiger partial charge in [0.05, 0.1) is 5.75 Å². The van der Waals surface area contributed by atoms with E-state index < -0.39 is 6.04 Å². The number of amides is 2. The van der Waals surface area contributed by atoms with Crippen LogP contribution in [0.1, 0.15) is 31.9 Å². The van der Waals surface area contributed by atoms with Crippen molar-refractivity contribution in [2.45, 2.75) is 51.2 Å². The number of carbonyl (C=O) groups excluding carboxylic acids is 2. The Morgan fingerprint density at radius 3 is 2.21 bits per heavy atom. The Balaban J connectivity index is 2.12. The van der Waals surface area contributed by atoms with Crippen LogP contribution in [0.2, 0.25) is 5.02 Å². The molecule has 6 heteroatoms. The third-order valence-electron chi connectivity index (χ3n) is 4.25. The van der Waals surface area contributed by atoms with Crippen LogP contribution < -0.4 is 5.32 Å². The average Bonchev–Trinajstić information content (AvgIpc) is 2.65. The van der Waals surface area contributed by atoms with Crippen molar-refractivity contribution in [3.63, 3.8) is 0 Å². The second-order valence-corrected chi connectivity index (χ2v) is 8.57. The lowest BCUT2D eigenvalue weighted by Gasteiger charge is -2.29. The number of thioether (sulfide) groups is 1. The molecule has 0 heterocycles. The van der Waals surface area contributed by atoms with Gasteiger partial charge in [0.1, 0.15) is 6.04 Å². The third-order valence-corrected chi connectivity index (χ3v) is 5.50. The Bertz CT molecular complexity index is 791. The highest BCUT2D eigenvalue weighted by Crippen LogP contribution is 2.20. The van der Waals surface area contributed by atoms with Crippen LogP contribution in [0.25, 0.3) is 0 Å². The molecule has 1 N–H and O–H groups in total. The first-order chi connectivity index (χ1) is 13.3. The van der Waals surface area contributed by atoms with Crippen molar-refractivity contribution >= 4 is 35.2 Å². The van der Waals surface area contributed by atoms with Gasteiger partial charge in [-0.3, -0.25) is 9.59 Å². The monoisotopic (exact) mass is 418 g/mol. The van der Waals surface area contributed by atoms with Crippen molar-refractivity contribution in [1.82, 2.24) is 10.2 Å². The van der Waals surface area contributed by atoms with Gasteiger partial charge in [0.25, 0.3) is 0 Å². The molecule has 4 nitrogen and oxygen atoms in total. The Morgan fingerprint density at radius 2 is 1.64 bits per heavy atom. The summed E-state index contributed by atoms with van der Waals surface area (Å²) in [6, 6.07) is 14.9. The van der Waals surface area contributed by atoms with Gasteiger partial charge in [0.15, 0.2) is 0 Å². The van der Waals surface area contributed by atoms with Crippen LogP contribution >= 0.6 is 23.4 Å². The van der Waals surface area contributed by atoms with E-state index in [0.29, 0.717) is 11.6 Å². The predicted molar refractivity (Wildman–Crippen MR) is 117 cm³/mol. The van der Waals surface area contributed by atoms with Gasteiger partial charge >= 0.3 is 0 Å². The molecule has 0 bridgehead atoms. The molecule has 0 spiro atoms. The first-order valence-corrected chi connectivity index (χ1v) is 10.7. The Hall–Kier alpha value is -1.98. The molecule has 2 aromatic rings. The van der Waals surface area contributed by atoms with E-state index in [4.69, 9.17) is 11.6 Å². The topological polar surface area (TPSA) is 49.4 Å². The summed E-state index contributed by atoms with van der Waals surface area (Å²) in [6.07, 6.45) is 0. The van der Waals surface area contributed by atoms with Gasteiger partial charge in [-0.25, -0.2) is 0 Å². The van der Waals surface area contributed by atoms with E-state index in [9.17, 15) is 9.59 Å². The standard InChI is InChI=1S/C22H27ClN2O2S/c1-15(2)24-22(27)17(4)25(13-18-7-9-19(23)10-8-18)21(26)14-28-20-11-5-16(3)6-12-20/h5-12,15,17H,13-14H2,1-4H3,(H,24,27)/t17-/m1/s1. The van der Waals surface area contributed by atoms with Crippen LogP contribution in [-0.2, 0) is 16.1 Å². The Kier molecular flexibility index (Phi) is 8.39. The summed E-state index contributed by atoms with van der Waals surface area (Å²) >= 11 is 7.44. The van der Waals surface area contributed by atoms with E-state index in [1.54, 1.807) is 24.0 Å². The number of halogens is 1. The molecule has 2 aromatic carbocycles. The quantitative estimate of drug-likeness (QED) is 0.633. The molecule has 0 aliphatic heterocycles. The number of nitrogens with zero attached hydrogens (tertiary/aromatic N) is 1. The van der Waals surface area contributed by atoms with E-state index in [0.717, 1.165) is 10.5 Å². The number of nitrogens with one attached hydrogen (secondary N) is 1.